The summed E-state index contributed by atoms with van der Waals surface area (Å²) in [6.45, 7) is 4.83. The van der Waals surface area contributed by atoms with Crippen LogP contribution in [0.25, 0.3) is 10.9 Å². The molecule has 2 N–H and O–H groups in total. The highest BCUT2D eigenvalue weighted by Crippen LogP contribution is 2.16. The second-order valence-electron chi connectivity index (χ2n) is 3.67. The van der Waals surface area contributed by atoms with E-state index in [-0.39, 0.29) is 5.43 Å². The molecule has 1 aromatic carbocycles. The predicted molar refractivity (Wildman–Crippen MR) is 63.0 cm³/mol. The Bertz CT molecular complexity index is 570. The zero-order valence-electron chi connectivity index (χ0n) is 8.95. The number of nitrogens with zero attached hydrogens (tertiary/aromatic N) is 1. The smallest absolute Gasteiger partial charge is 0.189 e. The minimum atomic E-state index is 0.0622. The lowest BCUT2D eigenvalue weighted by Gasteiger charge is -2.12. The zero-order valence-corrected chi connectivity index (χ0v) is 8.95. The summed E-state index contributed by atoms with van der Waals surface area (Å²) in [7, 11) is 0. The lowest BCUT2D eigenvalue weighted by Crippen LogP contribution is -2.11. The van der Waals surface area contributed by atoms with E-state index in [0.29, 0.717) is 5.69 Å². The molecule has 0 amide bonds. The van der Waals surface area contributed by atoms with Crippen molar-refractivity contribution in [3.05, 3.63) is 40.2 Å². The third-order valence-electron chi connectivity index (χ3n) is 2.66. The molecular formula is C12H14N2O. The SMILES string of the molecule is CCn1c(C)cc(=O)c2ccc(N)cc21. The molecule has 0 aliphatic rings. The Morgan fingerprint density at radius 2 is 2.07 bits per heavy atom. The van der Waals surface area contributed by atoms with E-state index in [2.05, 4.69) is 11.5 Å². The maximum atomic E-state index is 11.7. The summed E-state index contributed by atoms with van der Waals surface area (Å²) in [5.41, 5.74) is 8.38. The minimum absolute atomic E-state index is 0.0622. The van der Waals surface area contributed by atoms with E-state index >= 15 is 0 Å². The van der Waals surface area contributed by atoms with Gasteiger partial charge in [-0.25, -0.2) is 0 Å². The van der Waals surface area contributed by atoms with Crippen LogP contribution in [0.5, 0.6) is 0 Å². The molecule has 0 saturated heterocycles. The van der Waals surface area contributed by atoms with E-state index in [4.69, 9.17) is 5.73 Å². The van der Waals surface area contributed by atoms with Gasteiger partial charge in [0.1, 0.15) is 0 Å². The maximum absolute atomic E-state index is 11.7. The van der Waals surface area contributed by atoms with Gasteiger partial charge in [0, 0.05) is 29.4 Å². The standard InChI is InChI=1S/C12H14N2O/c1-3-14-8(2)6-12(15)10-5-4-9(13)7-11(10)14/h4-7H,3,13H2,1-2H3. The number of hydrogen-bond acceptors (Lipinski definition) is 2. The number of nitrogens with two attached hydrogens (primary N) is 1. The highest BCUT2D eigenvalue weighted by atomic mass is 16.1. The normalized spacial score (nSPS) is 10.8. The largest absolute Gasteiger partial charge is 0.399 e. The van der Waals surface area contributed by atoms with Crippen LogP contribution < -0.4 is 11.2 Å². The molecule has 0 unspecified atom stereocenters. The average molecular weight is 202 g/mol. The third kappa shape index (κ3) is 1.50. The number of fused-ring (bicyclic) bond motifs is 1. The fourth-order valence-electron chi connectivity index (χ4n) is 1.94. The first-order chi connectivity index (χ1) is 7.13. The number of aromatic nitrogens is 1. The van der Waals surface area contributed by atoms with Crippen LogP contribution in [-0.4, -0.2) is 4.57 Å². The van der Waals surface area contributed by atoms with E-state index in [1.807, 2.05) is 13.0 Å². The van der Waals surface area contributed by atoms with E-state index in [1.54, 1.807) is 18.2 Å². The molecule has 0 spiro atoms. The Morgan fingerprint density at radius 1 is 1.33 bits per heavy atom. The summed E-state index contributed by atoms with van der Waals surface area (Å²) >= 11 is 0. The maximum Gasteiger partial charge on any atom is 0.189 e. The summed E-state index contributed by atoms with van der Waals surface area (Å²) in [5.74, 6) is 0. The van der Waals surface area contributed by atoms with Gasteiger partial charge in [0.15, 0.2) is 5.43 Å². The first kappa shape index (κ1) is 9.77. The number of nitrogen functional groups attached to an aromatic ring is 1. The molecule has 0 saturated carbocycles. The van der Waals surface area contributed by atoms with Crippen molar-refractivity contribution >= 4 is 16.6 Å². The highest BCUT2D eigenvalue weighted by Gasteiger charge is 2.04. The first-order valence-electron chi connectivity index (χ1n) is 5.03. The summed E-state index contributed by atoms with van der Waals surface area (Å²) in [5, 5.41) is 0.733. The van der Waals surface area contributed by atoms with Crippen molar-refractivity contribution < 1.29 is 0 Å². The second kappa shape index (κ2) is 3.42. The number of benzene rings is 1. The summed E-state index contributed by atoms with van der Waals surface area (Å²) in [4.78, 5) is 11.7. The Hall–Kier alpha value is -1.77. The van der Waals surface area contributed by atoms with Gasteiger partial charge in [-0.1, -0.05) is 0 Å². The van der Waals surface area contributed by atoms with E-state index in [0.717, 1.165) is 23.1 Å². The number of anilines is 1. The highest BCUT2D eigenvalue weighted by molar-refractivity contribution is 5.82. The van der Waals surface area contributed by atoms with Gasteiger partial charge in [0.05, 0.1) is 5.52 Å². The second-order valence-corrected chi connectivity index (χ2v) is 3.67. The van der Waals surface area contributed by atoms with Crippen LogP contribution in [0.1, 0.15) is 12.6 Å². The van der Waals surface area contributed by atoms with E-state index in [1.165, 1.54) is 0 Å². The van der Waals surface area contributed by atoms with Crippen LogP contribution in [0.2, 0.25) is 0 Å². The van der Waals surface area contributed by atoms with E-state index in [9.17, 15) is 4.79 Å². The van der Waals surface area contributed by atoms with Crippen molar-refractivity contribution in [2.45, 2.75) is 20.4 Å². The van der Waals surface area contributed by atoms with Crippen molar-refractivity contribution in [2.75, 3.05) is 5.73 Å². The van der Waals surface area contributed by atoms with Gasteiger partial charge in [0.2, 0.25) is 0 Å². The predicted octanol–water partition coefficient (Wildman–Crippen LogP) is 1.91. The van der Waals surface area contributed by atoms with Crippen molar-refractivity contribution in [3.63, 3.8) is 0 Å². The Morgan fingerprint density at radius 3 is 2.73 bits per heavy atom. The fraction of sp³-hybridized carbons (Fsp3) is 0.250. The van der Waals surface area contributed by atoms with Crippen LogP contribution in [0.3, 0.4) is 0 Å². The van der Waals surface area contributed by atoms with E-state index < -0.39 is 0 Å². The Labute approximate surface area is 88.1 Å². The molecule has 3 nitrogen and oxygen atoms in total. The van der Waals surface area contributed by atoms with Gasteiger partial charge in [-0.05, 0) is 32.0 Å². The van der Waals surface area contributed by atoms with Gasteiger partial charge in [0.25, 0.3) is 0 Å². The van der Waals surface area contributed by atoms with Crippen LogP contribution in [0, 0.1) is 6.92 Å². The molecule has 2 rings (SSSR count). The van der Waals surface area contributed by atoms with Crippen molar-refractivity contribution in [3.8, 4) is 0 Å². The molecule has 1 aromatic heterocycles. The van der Waals surface area contributed by atoms with Crippen molar-refractivity contribution in [1.82, 2.24) is 4.57 Å². The molecule has 1 heterocycles. The quantitative estimate of drug-likeness (QED) is 0.718. The topological polar surface area (TPSA) is 48.0 Å². The molecule has 0 fully saturated rings. The van der Waals surface area contributed by atoms with Gasteiger partial charge in [-0.15, -0.1) is 0 Å². The van der Waals surface area contributed by atoms with Crippen molar-refractivity contribution in [1.29, 1.82) is 0 Å². The molecule has 78 valence electrons. The van der Waals surface area contributed by atoms with Gasteiger partial charge in [-0.3, -0.25) is 4.79 Å². The number of aryl methyl sites for hydroxylation is 2. The molecule has 0 atom stereocenters. The molecular weight excluding hydrogens is 188 g/mol. The van der Waals surface area contributed by atoms with Gasteiger partial charge < -0.3 is 10.3 Å². The zero-order chi connectivity index (χ0) is 11.0. The molecule has 3 heteroatoms. The Kier molecular flexibility index (Phi) is 2.23. The van der Waals surface area contributed by atoms with Gasteiger partial charge >= 0.3 is 0 Å². The number of pyridine rings is 1. The molecule has 0 aliphatic heterocycles. The molecule has 0 bridgehead atoms. The van der Waals surface area contributed by atoms with Crippen LogP contribution >= 0.6 is 0 Å². The molecule has 2 aromatic rings. The van der Waals surface area contributed by atoms with Crippen LogP contribution in [-0.2, 0) is 6.54 Å². The first-order valence-corrected chi connectivity index (χ1v) is 5.03. The molecule has 0 aliphatic carbocycles. The lowest BCUT2D eigenvalue weighted by molar-refractivity contribution is 0.758. The van der Waals surface area contributed by atoms with Crippen LogP contribution in [0.4, 0.5) is 5.69 Å². The number of hydrogen-bond donors (Lipinski definition) is 1. The average Bonchev–Trinajstić information content (AvgIpc) is 2.17. The number of rotatable bonds is 1. The summed E-state index contributed by atoms with van der Waals surface area (Å²) < 4.78 is 2.09. The van der Waals surface area contributed by atoms with Gasteiger partial charge in [-0.2, -0.15) is 0 Å². The summed E-state index contributed by atoms with van der Waals surface area (Å²) in [6.07, 6.45) is 0. The summed E-state index contributed by atoms with van der Waals surface area (Å²) in [6, 6.07) is 7.08. The lowest BCUT2D eigenvalue weighted by atomic mass is 10.1. The fourth-order valence-corrected chi connectivity index (χ4v) is 1.94. The molecule has 15 heavy (non-hydrogen) atoms. The Balaban J connectivity index is 2.98. The van der Waals surface area contributed by atoms with Crippen LogP contribution in [0.15, 0.2) is 29.1 Å². The third-order valence-corrected chi connectivity index (χ3v) is 2.66. The van der Waals surface area contributed by atoms with Crippen molar-refractivity contribution in [2.24, 2.45) is 0 Å². The molecule has 0 radical (unpaired) electrons. The monoisotopic (exact) mass is 202 g/mol. The minimum Gasteiger partial charge on any atom is -0.399 e.